The molecule has 1 fully saturated rings. The lowest BCUT2D eigenvalue weighted by Crippen LogP contribution is -2.38. The van der Waals surface area contributed by atoms with E-state index in [9.17, 15) is 10.3 Å². The van der Waals surface area contributed by atoms with E-state index >= 15 is 0 Å². The number of nitrogens with one attached hydrogen (secondary N) is 2. The minimum atomic E-state index is -0.906. The lowest BCUT2D eigenvalue weighted by Gasteiger charge is -2.28. The van der Waals surface area contributed by atoms with E-state index < -0.39 is 7.12 Å². The average Bonchev–Trinajstić information content (AvgIpc) is 2.72. The maximum absolute atomic E-state index is 9.79. The van der Waals surface area contributed by atoms with Gasteiger partial charge in [-0.1, -0.05) is 6.08 Å². The number of hydrogen-bond acceptors (Lipinski definition) is 8. The van der Waals surface area contributed by atoms with Crippen LogP contribution in [-0.2, 0) is 4.74 Å². The van der Waals surface area contributed by atoms with E-state index in [4.69, 9.17) is 9.39 Å². The summed E-state index contributed by atoms with van der Waals surface area (Å²) in [6.45, 7) is 4.83. The van der Waals surface area contributed by atoms with Crippen molar-refractivity contribution in [1.29, 1.82) is 5.26 Å². The van der Waals surface area contributed by atoms with Crippen molar-refractivity contribution in [2.45, 2.75) is 26.3 Å². The molecule has 1 aromatic carbocycles. The molecule has 3 N–H and O–H groups in total. The summed E-state index contributed by atoms with van der Waals surface area (Å²) in [5.74, 6) is 1.64. The molecule has 8 nitrogen and oxygen atoms in total. The van der Waals surface area contributed by atoms with Crippen LogP contribution < -0.4 is 15.3 Å². The zero-order chi connectivity index (χ0) is 20.4. The summed E-state index contributed by atoms with van der Waals surface area (Å²) in [6, 6.07) is 7.81. The van der Waals surface area contributed by atoms with Crippen molar-refractivity contribution in [1.82, 2.24) is 9.97 Å². The van der Waals surface area contributed by atoms with Crippen molar-refractivity contribution in [3.8, 4) is 11.8 Å². The van der Waals surface area contributed by atoms with Crippen LogP contribution in [0.3, 0.4) is 0 Å². The highest BCUT2D eigenvalue weighted by molar-refractivity contribution is 6.54. The van der Waals surface area contributed by atoms with Gasteiger partial charge in [0, 0.05) is 29.6 Å². The van der Waals surface area contributed by atoms with Gasteiger partial charge in [0.25, 0.3) is 0 Å². The third-order valence-electron chi connectivity index (χ3n) is 5.09. The maximum Gasteiger partial charge on any atom is 0.555 e. The second-order valence-corrected chi connectivity index (χ2v) is 7.31. The zero-order valence-electron chi connectivity index (χ0n) is 16.3. The first-order valence-electron chi connectivity index (χ1n) is 9.55. The molecule has 0 saturated carbocycles. The standard InChI is InChI=1S/C20H22BN5O3/c1-12-10-23-20(26-19(12)25-17-11-28-6-5-14(17)9-22)24-16-3-4-18-15(8-16)7-13(2)21(27)29-18/h3-4,7-8,10,14,17,27H,5-6,11H2,1-2H3,(H2,23,24,25,26)/t14-,17+/m0/s1. The number of hydrogen-bond donors (Lipinski definition) is 3. The number of anilines is 3. The van der Waals surface area contributed by atoms with E-state index in [1.165, 1.54) is 0 Å². The normalized spacial score (nSPS) is 20.8. The maximum atomic E-state index is 9.79. The van der Waals surface area contributed by atoms with Gasteiger partial charge in [0.15, 0.2) is 0 Å². The van der Waals surface area contributed by atoms with Crippen LogP contribution in [0.25, 0.3) is 6.08 Å². The molecule has 0 unspecified atom stereocenters. The summed E-state index contributed by atoms with van der Waals surface area (Å²) >= 11 is 0. The largest absolute Gasteiger partial charge is 0.555 e. The highest BCUT2D eigenvalue weighted by Crippen LogP contribution is 2.31. The van der Waals surface area contributed by atoms with Crippen molar-refractivity contribution in [3.63, 3.8) is 0 Å². The quantitative estimate of drug-likeness (QED) is 0.682. The van der Waals surface area contributed by atoms with Crippen molar-refractivity contribution >= 4 is 30.6 Å². The van der Waals surface area contributed by atoms with E-state index in [1.807, 2.05) is 32.1 Å². The Bertz CT molecular complexity index is 991. The molecule has 0 aliphatic carbocycles. The van der Waals surface area contributed by atoms with E-state index in [0.29, 0.717) is 37.2 Å². The van der Waals surface area contributed by atoms with Crippen LogP contribution in [0.15, 0.2) is 29.9 Å². The Labute approximate surface area is 169 Å². The molecule has 1 aromatic heterocycles. The van der Waals surface area contributed by atoms with E-state index in [1.54, 1.807) is 12.3 Å². The smallest absolute Gasteiger partial charge is 0.532 e. The lowest BCUT2D eigenvalue weighted by atomic mass is 9.76. The first-order valence-corrected chi connectivity index (χ1v) is 9.55. The molecule has 0 spiro atoms. The van der Waals surface area contributed by atoms with Gasteiger partial charge >= 0.3 is 7.12 Å². The van der Waals surface area contributed by atoms with Gasteiger partial charge in [-0.25, -0.2) is 4.98 Å². The Kier molecular flexibility index (Phi) is 5.38. The molecule has 2 aromatic rings. The highest BCUT2D eigenvalue weighted by atomic mass is 16.5. The molecule has 4 rings (SSSR count). The molecule has 2 aliphatic heterocycles. The fourth-order valence-corrected chi connectivity index (χ4v) is 3.36. The first kappa shape index (κ1) is 19.2. The number of aromatic nitrogens is 2. The number of benzene rings is 1. The van der Waals surface area contributed by atoms with E-state index in [2.05, 4.69) is 26.7 Å². The van der Waals surface area contributed by atoms with Crippen molar-refractivity contribution in [2.24, 2.45) is 5.92 Å². The summed E-state index contributed by atoms with van der Waals surface area (Å²) in [5.41, 5.74) is 3.32. The monoisotopic (exact) mass is 391 g/mol. The molecule has 148 valence electrons. The Morgan fingerprint density at radius 2 is 2.21 bits per heavy atom. The third-order valence-corrected chi connectivity index (χ3v) is 5.09. The van der Waals surface area contributed by atoms with Crippen LogP contribution in [-0.4, -0.2) is 41.4 Å². The summed E-state index contributed by atoms with van der Waals surface area (Å²) in [5, 5.41) is 25.7. The number of ether oxygens (including phenoxy) is 1. The van der Waals surface area contributed by atoms with Crippen molar-refractivity contribution in [3.05, 3.63) is 41.0 Å². The van der Waals surface area contributed by atoms with Gasteiger partial charge in [-0.05, 0) is 43.9 Å². The molecular weight excluding hydrogens is 369 g/mol. The predicted molar refractivity (Wildman–Crippen MR) is 111 cm³/mol. The number of nitriles is 1. The summed E-state index contributed by atoms with van der Waals surface area (Å²) in [7, 11) is -0.906. The van der Waals surface area contributed by atoms with Gasteiger partial charge in [-0.15, -0.1) is 0 Å². The third kappa shape index (κ3) is 4.18. The molecule has 29 heavy (non-hydrogen) atoms. The second kappa shape index (κ2) is 8.11. The molecule has 3 heterocycles. The molecule has 0 bridgehead atoms. The lowest BCUT2D eigenvalue weighted by molar-refractivity contribution is 0.0698. The summed E-state index contributed by atoms with van der Waals surface area (Å²) in [6.07, 6.45) is 4.34. The topological polar surface area (TPSA) is 112 Å². The molecule has 0 radical (unpaired) electrons. The average molecular weight is 391 g/mol. The zero-order valence-corrected chi connectivity index (χ0v) is 16.3. The molecule has 0 amide bonds. The highest BCUT2D eigenvalue weighted by Gasteiger charge is 2.27. The number of rotatable bonds is 4. The Morgan fingerprint density at radius 1 is 1.34 bits per heavy atom. The van der Waals surface area contributed by atoms with Gasteiger partial charge in [-0.3, -0.25) is 0 Å². The molecule has 9 heteroatoms. The van der Waals surface area contributed by atoms with Gasteiger partial charge in [0.1, 0.15) is 11.6 Å². The Balaban J connectivity index is 1.53. The number of nitrogens with zero attached hydrogens (tertiary/aromatic N) is 3. The van der Waals surface area contributed by atoms with Crippen LogP contribution in [0.2, 0.25) is 0 Å². The van der Waals surface area contributed by atoms with Gasteiger partial charge in [0.2, 0.25) is 5.95 Å². The number of fused-ring (bicyclic) bond motifs is 1. The van der Waals surface area contributed by atoms with Gasteiger partial charge in [-0.2, -0.15) is 10.2 Å². The second-order valence-electron chi connectivity index (χ2n) is 7.31. The number of allylic oxidation sites excluding steroid dienone is 1. The summed E-state index contributed by atoms with van der Waals surface area (Å²) < 4.78 is 11.0. The van der Waals surface area contributed by atoms with Crippen LogP contribution in [0.1, 0.15) is 24.5 Å². The Morgan fingerprint density at radius 3 is 3.03 bits per heavy atom. The molecule has 1 saturated heterocycles. The van der Waals surface area contributed by atoms with Gasteiger partial charge < -0.3 is 25.0 Å². The van der Waals surface area contributed by atoms with Crippen LogP contribution in [0.5, 0.6) is 5.75 Å². The summed E-state index contributed by atoms with van der Waals surface area (Å²) in [4.78, 5) is 8.94. The van der Waals surface area contributed by atoms with Crippen LogP contribution in [0.4, 0.5) is 17.5 Å². The predicted octanol–water partition coefficient (Wildman–Crippen LogP) is 2.68. The fraction of sp³-hybridized carbons (Fsp3) is 0.350. The minimum absolute atomic E-state index is 0.101. The molecular formula is C20H22BN5O3. The van der Waals surface area contributed by atoms with Crippen LogP contribution in [0, 0.1) is 24.2 Å². The van der Waals surface area contributed by atoms with E-state index in [0.717, 1.165) is 22.3 Å². The molecule has 2 atom stereocenters. The van der Waals surface area contributed by atoms with Crippen LogP contribution >= 0.6 is 0 Å². The van der Waals surface area contributed by atoms with Crippen molar-refractivity contribution in [2.75, 3.05) is 23.8 Å². The van der Waals surface area contributed by atoms with Crippen molar-refractivity contribution < 1.29 is 14.4 Å². The number of aryl methyl sites for hydroxylation is 1. The Hall–Kier alpha value is -3.09. The first-order chi connectivity index (χ1) is 14.0. The van der Waals surface area contributed by atoms with Gasteiger partial charge in [0.05, 0.1) is 24.6 Å². The molecule has 2 aliphatic rings. The van der Waals surface area contributed by atoms with E-state index in [-0.39, 0.29) is 12.0 Å². The SMILES string of the molecule is CC1=Cc2cc(Nc3ncc(C)c(N[C@@H]4COCC[C@H]4C#N)n3)ccc2OB1O. The minimum Gasteiger partial charge on any atom is -0.532 e. The fourth-order valence-electron chi connectivity index (χ4n) is 3.36.